The molecule has 144 valence electrons. The molecule has 2 aromatic carbocycles. The summed E-state index contributed by atoms with van der Waals surface area (Å²) in [6.07, 6.45) is -0.869. The minimum atomic E-state index is -3.93. The zero-order valence-corrected chi connectivity index (χ0v) is 16.7. The molecule has 0 spiro atoms. The number of nitrogens with one attached hydrogen (secondary N) is 2. The predicted octanol–water partition coefficient (Wildman–Crippen LogP) is 3.22. The number of ether oxygens (including phenoxy) is 1. The van der Waals surface area contributed by atoms with E-state index in [1.54, 1.807) is 12.1 Å². The van der Waals surface area contributed by atoms with E-state index in [-0.39, 0.29) is 9.92 Å². The molecule has 10 heteroatoms. The van der Waals surface area contributed by atoms with Gasteiger partial charge in [0.2, 0.25) is 5.91 Å². The molecular formula is C17H16Cl2N2O5S. The first kappa shape index (κ1) is 21.0. The first-order chi connectivity index (χ1) is 12.6. The maximum Gasteiger partial charge on any atom is 0.265 e. The Kier molecular flexibility index (Phi) is 6.69. The summed E-state index contributed by atoms with van der Waals surface area (Å²) in [5.74, 6) is -0.849. The topological polar surface area (TPSA) is 102 Å². The number of carbonyl (C=O) groups is 2. The van der Waals surface area contributed by atoms with Gasteiger partial charge in [-0.15, -0.1) is 0 Å². The third-order valence-corrected chi connectivity index (χ3v) is 5.26. The van der Waals surface area contributed by atoms with Crippen molar-refractivity contribution >= 4 is 50.7 Å². The quantitative estimate of drug-likeness (QED) is 0.732. The number of hydrogen-bond acceptors (Lipinski definition) is 5. The summed E-state index contributed by atoms with van der Waals surface area (Å²) in [4.78, 5) is 23.1. The van der Waals surface area contributed by atoms with Gasteiger partial charge in [0.25, 0.3) is 15.9 Å². The van der Waals surface area contributed by atoms with E-state index in [9.17, 15) is 18.0 Å². The van der Waals surface area contributed by atoms with Crippen LogP contribution in [0.2, 0.25) is 10.0 Å². The fourth-order valence-corrected chi connectivity index (χ4v) is 3.47. The van der Waals surface area contributed by atoms with E-state index in [0.29, 0.717) is 16.5 Å². The first-order valence-electron chi connectivity index (χ1n) is 7.64. The van der Waals surface area contributed by atoms with Crippen LogP contribution in [0.15, 0.2) is 47.4 Å². The molecule has 0 saturated heterocycles. The number of halogens is 2. The van der Waals surface area contributed by atoms with Crippen LogP contribution >= 0.6 is 23.2 Å². The van der Waals surface area contributed by atoms with Crippen LogP contribution in [-0.2, 0) is 19.6 Å². The number of amides is 2. The van der Waals surface area contributed by atoms with E-state index in [1.165, 1.54) is 37.3 Å². The number of carbonyl (C=O) groups excluding carboxylic acids is 2. The summed E-state index contributed by atoms with van der Waals surface area (Å²) in [6.45, 7) is 2.64. The number of anilines is 1. The Morgan fingerprint density at radius 2 is 1.70 bits per heavy atom. The molecule has 0 fully saturated rings. The molecule has 0 heterocycles. The summed E-state index contributed by atoms with van der Waals surface area (Å²) in [7, 11) is -3.93. The monoisotopic (exact) mass is 430 g/mol. The van der Waals surface area contributed by atoms with Gasteiger partial charge in [0.15, 0.2) is 6.10 Å². The van der Waals surface area contributed by atoms with Crippen LogP contribution in [-0.4, -0.2) is 26.3 Å². The number of rotatable bonds is 6. The largest absolute Gasteiger partial charge is 0.479 e. The average molecular weight is 431 g/mol. The summed E-state index contributed by atoms with van der Waals surface area (Å²) in [6, 6.07) is 9.96. The van der Waals surface area contributed by atoms with Gasteiger partial charge in [-0.05, 0) is 49.4 Å². The first-order valence-corrected chi connectivity index (χ1v) is 9.88. The second kappa shape index (κ2) is 8.60. The molecule has 27 heavy (non-hydrogen) atoms. The van der Waals surface area contributed by atoms with E-state index in [2.05, 4.69) is 5.32 Å². The second-order valence-corrected chi connectivity index (χ2v) is 8.04. The van der Waals surface area contributed by atoms with Gasteiger partial charge in [0.05, 0.1) is 9.92 Å². The van der Waals surface area contributed by atoms with E-state index in [1.807, 2.05) is 4.72 Å². The Bertz CT molecular complexity index is 962. The SMILES string of the molecule is CC(=O)NS(=O)(=O)c1ccc(NC(=O)C(C)Oc2ccc(Cl)cc2Cl)cc1. The fourth-order valence-electron chi connectivity index (χ4n) is 2.02. The van der Waals surface area contributed by atoms with E-state index in [0.717, 1.165) is 6.92 Å². The van der Waals surface area contributed by atoms with Gasteiger partial charge in [0.1, 0.15) is 5.75 Å². The van der Waals surface area contributed by atoms with Crippen molar-refractivity contribution in [1.29, 1.82) is 0 Å². The Labute approximate surface area is 166 Å². The lowest BCUT2D eigenvalue weighted by Crippen LogP contribution is -2.30. The molecule has 1 unspecified atom stereocenters. The van der Waals surface area contributed by atoms with Gasteiger partial charge in [-0.2, -0.15) is 0 Å². The normalized spacial score (nSPS) is 12.1. The van der Waals surface area contributed by atoms with Crippen molar-refractivity contribution < 1.29 is 22.7 Å². The van der Waals surface area contributed by atoms with Gasteiger partial charge < -0.3 is 10.1 Å². The summed E-state index contributed by atoms with van der Waals surface area (Å²) >= 11 is 11.8. The van der Waals surface area contributed by atoms with Gasteiger partial charge in [-0.3, -0.25) is 9.59 Å². The third-order valence-electron chi connectivity index (χ3n) is 3.28. The molecule has 0 bridgehead atoms. The zero-order chi connectivity index (χ0) is 20.2. The maximum atomic E-state index is 12.2. The van der Waals surface area contributed by atoms with Crippen LogP contribution in [0, 0.1) is 0 Å². The van der Waals surface area contributed by atoms with Crippen molar-refractivity contribution in [2.24, 2.45) is 0 Å². The van der Waals surface area contributed by atoms with Gasteiger partial charge in [-0.1, -0.05) is 23.2 Å². The molecule has 1 atom stereocenters. The highest BCUT2D eigenvalue weighted by atomic mass is 35.5. The van der Waals surface area contributed by atoms with Crippen molar-refractivity contribution in [2.75, 3.05) is 5.32 Å². The van der Waals surface area contributed by atoms with Crippen LogP contribution in [0.1, 0.15) is 13.8 Å². The van der Waals surface area contributed by atoms with Crippen LogP contribution in [0.5, 0.6) is 5.75 Å². The van der Waals surface area contributed by atoms with Gasteiger partial charge >= 0.3 is 0 Å². The number of hydrogen-bond donors (Lipinski definition) is 2. The lowest BCUT2D eigenvalue weighted by atomic mass is 10.3. The van der Waals surface area contributed by atoms with E-state index < -0.39 is 27.9 Å². The van der Waals surface area contributed by atoms with Crippen LogP contribution in [0.4, 0.5) is 5.69 Å². The summed E-state index contributed by atoms with van der Waals surface area (Å²) in [5, 5.41) is 3.31. The third kappa shape index (κ3) is 5.85. The highest BCUT2D eigenvalue weighted by molar-refractivity contribution is 7.90. The minimum absolute atomic E-state index is 0.104. The highest BCUT2D eigenvalue weighted by Gasteiger charge is 2.18. The van der Waals surface area contributed by atoms with Gasteiger partial charge in [0, 0.05) is 17.6 Å². The van der Waals surface area contributed by atoms with Gasteiger partial charge in [-0.25, -0.2) is 13.1 Å². The molecule has 2 N–H and O–H groups in total. The van der Waals surface area contributed by atoms with Crippen molar-refractivity contribution in [1.82, 2.24) is 4.72 Å². The Morgan fingerprint density at radius 3 is 2.26 bits per heavy atom. The van der Waals surface area contributed by atoms with Crippen molar-refractivity contribution in [3.8, 4) is 5.75 Å². The Morgan fingerprint density at radius 1 is 1.07 bits per heavy atom. The predicted molar refractivity (Wildman–Crippen MR) is 103 cm³/mol. The molecular weight excluding hydrogens is 415 g/mol. The highest BCUT2D eigenvalue weighted by Crippen LogP contribution is 2.28. The summed E-state index contributed by atoms with van der Waals surface area (Å²) in [5.41, 5.74) is 0.361. The molecule has 7 nitrogen and oxygen atoms in total. The van der Waals surface area contributed by atoms with Crippen molar-refractivity contribution in [2.45, 2.75) is 24.8 Å². The second-order valence-electron chi connectivity index (χ2n) is 5.51. The lowest BCUT2D eigenvalue weighted by molar-refractivity contribution is -0.122. The molecule has 2 rings (SSSR count). The van der Waals surface area contributed by atoms with Crippen LogP contribution in [0.3, 0.4) is 0 Å². The molecule has 0 aliphatic rings. The molecule has 0 aliphatic heterocycles. The standard InChI is InChI=1S/C17H16Cl2N2O5S/c1-10(26-16-8-3-12(18)9-15(16)19)17(23)20-13-4-6-14(7-5-13)27(24,25)21-11(2)22/h3-10H,1-2H3,(H,20,23)(H,21,22). The zero-order valence-electron chi connectivity index (χ0n) is 14.3. The molecule has 2 amide bonds. The minimum Gasteiger partial charge on any atom is -0.479 e. The Hall–Kier alpha value is -2.29. The van der Waals surface area contributed by atoms with Crippen molar-refractivity contribution in [3.63, 3.8) is 0 Å². The lowest BCUT2D eigenvalue weighted by Gasteiger charge is -2.16. The Balaban J connectivity index is 2.03. The molecule has 0 radical (unpaired) electrons. The van der Waals surface area contributed by atoms with Crippen LogP contribution in [0.25, 0.3) is 0 Å². The molecule has 0 aromatic heterocycles. The average Bonchev–Trinajstić information content (AvgIpc) is 2.56. The molecule has 0 saturated carbocycles. The molecule has 2 aromatic rings. The number of benzene rings is 2. The van der Waals surface area contributed by atoms with E-state index in [4.69, 9.17) is 27.9 Å². The molecule has 0 aliphatic carbocycles. The smallest absolute Gasteiger partial charge is 0.265 e. The number of sulfonamides is 1. The van der Waals surface area contributed by atoms with Crippen molar-refractivity contribution in [3.05, 3.63) is 52.5 Å². The fraction of sp³-hybridized carbons (Fsp3) is 0.176. The van der Waals surface area contributed by atoms with E-state index >= 15 is 0 Å². The summed E-state index contributed by atoms with van der Waals surface area (Å²) < 4.78 is 31.1. The maximum absolute atomic E-state index is 12.2. The van der Waals surface area contributed by atoms with Crippen LogP contribution < -0.4 is 14.8 Å².